The van der Waals surface area contributed by atoms with Gasteiger partial charge in [-0.05, 0) is 23.3 Å². The molecule has 0 spiro atoms. The number of carbonyl (C=O) groups excluding carboxylic acids is 2. The first-order chi connectivity index (χ1) is 12.4. The lowest BCUT2D eigenvalue weighted by molar-refractivity contribution is -0.125. The van der Waals surface area contributed by atoms with Crippen LogP contribution >= 0.6 is 0 Å². The van der Waals surface area contributed by atoms with E-state index in [9.17, 15) is 18.0 Å². The van der Waals surface area contributed by atoms with Crippen molar-refractivity contribution in [2.75, 3.05) is 5.32 Å². The van der Waals surface area contributed by atoms with Gasteiger partial charge in [0.15, 0.2) is 0 Å². The second-order valence-corrected chi connectivity index (χ2v) is 7.61. The predicted molar refractivity (Wildman–Crippen MR) is 94.4 cm³/mol. The van der Waals surface area contributed by atoms with Gasteiger partial charge in [0.1, 0.15) is 0 Å². The number of nitrogens with zero attached hydrogens (tertiary/aromatic N) is 1. The highest BCUT2D eigenvalue weighted by Crippen LogP contribution is 2.32. The molecule has 2 N–H and O–H groups in total. The SMILES string of the molecule is N#Cc1ccccc1CS(=O)(=O)NC(=O)[C@H]1CC(=O)Nc2ccccc21. The van der Waals surface area contributed by atoms with Crippen LogP contribution in [0.5, 0.6) is 0 Å². The molecule has 0 unspecified atom stereocenters. The lowest BCUT2D eigenvalue weighted by Crippen LogP contribution is -2.38. The molecule has 0 radical (unpaired) electrons. The third-order valence-corrected chi connectivity index (χ3v) is 5.26. The number of nitriles is 1. The Morgan fingerprint density at radius 2 is 1.88 bits per heavy atom. The van der Waals surface area contributed by atoms with Crippen molar-refractivity contribution in [2.24, 2.45) is 0 Å². The quantitative estimate of drug-likeness (QED) is 0.850. The molecule has 2 amide bonds. The van der Waals surface area contributed by atoms with E-state index in [2.05, 4.69) is 5.32 Å². The van der Waals surface area contributed by atoms with Crippen LogP contribution in [0.2, 0.25) is 0 Å². The van der Waals surface area contributed by atoms with Crippen LogP contribution in [0.1, 0.15) is 29.0 Å². The van der Waals surface area contributed by atoms with E-state index >= 15 is 0 Å². The molecule has 1 heterocycles. The molecule has 1 aliphatic heterocycles. The molecule has 0 aromatic heterocycles. The van der Waals surface area contributed by atoms with E-state index in [1.54, 1.807) is 36.4 Å². The van der Waals surface area contributed by atoms with Gasteiger partial charge in [0.05, 0.1) is 23.3 Å². The second kappa shape index (κ2) is 6.98. The molecular formula is C18H15N3O4S. The summed E-state index contributed by atoms with van der Waals surface area (Å²) in [5.74, 6) is -2.50. The lowest BCUT2D eigenvalue weighted by atomic mass is 9.90. The van der Waals surface area contributed by atoms with Gasteiger partial charge >= 0.3 is 0 Å². The molecule has 1 aliphatic rings. The predicted octanol–water partition coefficient (Wildman–Crippen LogP) is 1.63. The van der Waals surface area contributed by atoms with E-state index in [-0.39, 0.29) is 17.9 Å². The fraction of sp³-hybridized carbons (Fsp3) is 0.167. The van der Waals surface area contributed by atoms with Gasteiger partial charge in [0, 0.05) is 12.1 Å². The molecule has 1 atom stereocenters. The Labute approximate surface area is 150 Å². The monoisotopic (exact) mass is 369 g/mol. The summed E-state index contributed by atoms with van der Waals surface area (Å²) >= 11 is 0. The Morgan fingerprint density at radius 1 is 1.19 bits per heavy atom. The number of anilines is 1. The molecule has 0 bridgehead atoms. The van der Waals surface area contributed by atoms with Crippen molar-refractivity contribution in [2.45, 2.75) is 18.1 Å². The Bertz CT molecular complexity index is 1020. The molecule has 26 heavy (non-hydrogen) atoms. The van der Waals surface area contributed by atoms with Gasteiger partial charge in [0.25, 0.3) is 0 Å². The zero-order chi connectivity index (χ0) is 18.7. The van der Waals surface area contributed by atoms with Crippen molar-refractivity contribution in [3.63, 3.8) is 0 Å². The number of para-hydroxylation sites is 1. The van der Waals surface area contributed by atoms with E-state index < -0.39 is 27.6 Å². The van der Waals surface area contributed by atoms with E-state index in [1.807, 2.05) is 10.8 Å². The van der Waals surface area contributed by atoms with Crippen molar-refractivity contribution >= 4 is 27.5 Å². The summed E-state index contributed by atoms with van der Waals surface area (Å²) in [5, 5.41) is 11.7. The van der Waals surface area contributed by atoms with Crippen LogP contribution in [0.25, 0.3) is 0 Å². The Balaban J connectivity index is 1.81. The number of rotatable bonds is 4. The second-order valence-electron chi connectivity index (χ2n) is 5.89. The third kappa shape index (κ3) is 3.73. The van der Waals surface area contributed by atoms with E-state index in [1.165, 1.54) is 12.1 Å². The highest BCUT2D eigenvalue weighted by Gasteiger charge is 2.32. The maximum atomic E-state index is 12.5. The summed E-state index contributed by atoms with van der Waals surface area (Å²) in [7, 11) is -4.02. The fourth-order valence-corrected chi connectivity index (χ4v) is 4.05. The molecule has 0 saturated heterocycles. The first kappa shape index (κ1) is 17.6. The maximum Gasteiger partial charge on any atom is 0.241 e. The Kier molecular flexibility index (Phi) is 4.73. The summed E-state index contributed by atoms with van der Waals surface area (Å²) in [5.41, 5.74) is 1.60. The first-order valence-corrected chi connectivity index (χ1v) is 9.46. The van der Waals surface area contributed by atoms with Gasteiger partial charge in [-0.1, -0.05) is 36.4 Å². The van der Waals surface area contributed by atoms with Crippen LogP contribution in [0.3, 0.4) is 0 Å². The van der Waals surface area contributed by atoms with E-state index in [0.717, 1.165) is 0 Å². The number of sulfonamides is 1. The van der Waals surface area contributed by atoms with Crippen LogP contribution < -0.4 is 10.0 Å². The van der Waals surface area contributed by atoms with Gasteiger partial charge in [-0.3, -0.25) is 14.3 Å². The molecule has 0 aliphatic carbocycles. The van der Waals surface area contributed by atoms with Crippen molar-refractivity contribution in [3.8, 4) is 6.07 Å². The van der Waals surface area contributed by atoms with Crippen LogP contribution in [-0.4, -0.2) is 20.2 Å². The number of nitrogens with one attached hydrogen (secondary N) is 2. The zero-order valence-corrected chi connectivity index (χ0v) is 14.4. The normalized spacial score (nSPS) is 16.1. The summed E-state index contributed by atoms with van der Waals surface area (Å²) in [6, 6.07) is 15.0. The van der Waals surface area contributed by atoms with Gasteiger partial charge in [0.2, 0.25) is 21.8 Å². The van der Waals surface area contributed by atoms with Crippen LogP contribution in [-0.2, 0) is 25.4 Å². The molecule has 3 rings (SSSR count). The number of benzene rings is 2. The molecule has 2 aromatic carbocycles. The summed E-state index contributed by atoms with van der Waals surface area (Å²) in [4.78, 5) is 24.3. The van der Waals surface area contributed by atoms with Gasteiger partial charge in [-0.2, -0.15) is 5.26 Å². The molecule has 132 valence electrons. The number of hydrogen-bond donors (Lipinski definition) is 2. The molecule has 2 aromatic rings. The Hall–Kier alpha value is -3.18. The molecular weight excluding hydrogens is 354 g/mol. The smallest absolute Gasteiger partial charge is 0.241 e. The minimum absolute atomic E-state index is 0.132. The van der Waals surface area contributed by atoms with Crippen molar-refractivity contribution in [3.05, 3.63) is 65.2 Å². The average molecular weight is 369 g/mol. The average Bonchev–Trinajstić information content (AvgIpc) is 2.60. The van der Waals surface area contributed by atoms with Crippen LogP contribution in [0.15, 0.2) is 48.5 Å². The number of carbonyl (C=O) groups is 2. The molecule has 0 fully saturated rings. The number of amides is 2. The van der Waals surface area contributed by atoms with E-state index in [4.69, 9.17) is 5.26 Å². The minimum Gasteiger partial charge on any atom is -0.326 e. The van der Waals surface area contributed by atoms with Crippen molar-refractivity contribution < 1.29 is 18.0 Å². The number of fused-ring (bicyclic) bond motifs is 1. The number of hydrogen-bond acceptors (Lipinski definition) is 5. The fourth-order valence-electron chi connectivity index (χ4n) is 2.87. The van der Waals surface area contributed by atoms with Gasteiger partial charge in [-0.25, -0.2) is 8.42 Å². The maximum absolute atomic E-state index is 12.5. The zero-order valence-electron chi connectivity index (χ0n) is 13.6. The minimum atomic E-state index is -4.02. The summed E-state index contributed by atoms with van der Waals surface area (Å²) < 4.78 is 26.8. The highest BCUT2D eigenvalue weighted by atomic mass is 32.2. The van der Waals surface area contributed by atoms with Gasteiger partial charge in [-0.15, -0.1) is 0 Å². The third-order valence-electron chi connectivity index (χ3n) is 4.06. The summed E-state index contributed by atoms with van der Waals surface area (Å²) in [6.45, 7) is 0. The largest absolute Gasteiger partial charge is 0.326 e. The molecule has 7 nitrogen and oxygen atoms in total. The summed E-state index contributed by atoms with van der Waals surface area (Å²) in [6.07, 6.45) is -0.132. The first-order valence-electron chi connectivity index (χ1n) is 7.81. The van der Waals surface area contributed by atoms with Crippen LogP contribution in [0, 0.1) is 11.3 Å². The van der Waals surface area contributed by atoms with E-state index in [0.29, 0.717) is 16.8 Å². The standard InChI is InChI=1S/C18H15N3O4S/c19-10-12-5-1-2-6-13(12)11-26(24,25)21-18(23)15-9-17(22)20-16-8-4-3-7-14(15)16/h1-8,15H,9,11H2,(H,20,22)(H,21,23)/t15-/m0/s1. The van der Waals surface area contributed by atoms with Crippen molar-refractivity contribution in [1.29, 1.82) is 5.26 Å². The van der Waals surface area contributed by atoms with Gasteiger partial charge < -0.3 is 5.32 Å². The molecule has 8 heteroatoms. The van der Waals surface area contributed by atoms with Crippen molar-refractivity contribution in [1.82, 2.24) is 4.72 Å². The highest BCUT2D eigenvalue weighted by molar-refractivity contribution is 7.89. The topological polar surface area (TPSA) is 116 Å². The molecule has 0 saturated carbocycles. The Morgan fingerprint density at radius 3 is 2.65 bits per heavy atom. The lowest BCUT2D eigenvalue weighted by Gasteiger charge is -2.24. The van der Waals surface area contributed by atoms with Crippen LogP contribution in [0.4, 0.5) is 5.69 Å².